The van der Waals surface area contributed by atoms with E-state index in [0.717, 1.165) is 19.4 Å². The highest BCUT2D eigenvalue weighted by atomic mass is 16.4. The van der Waals surface area contributed by atoms with Crippen molar-refractivity contribution in [1.82, 2.24) is 0 Å². The number of unbranched alkanes of at least 4 members (excludes halogenated alkanes) is 2. The van der Waals surface area contributed by atoms with Crippen LogP contribution in [-0.4, -0.2) is 23.6 Å². The number of carboxylic acid groups (broad SMARTS) is 2. The predicted octanol–water partition coefficient (Wildman–Crippen LogP) is 2.36. The monoisotopic (exact) mass is 444 g/mol. The maximum absolute atomic E-state index is 9.53. The first-order valence-electron chi connectivity index (χ1n) is 10.7. The van der Waals surface area contributed by atoms with Crippen LogP contribution in [-0.2, 0) is 15.1 Å². The third-order valence-corrected chi connectivity index (χ3v) is 5.30. The highest BCUT2D eigenvalue weighted by Crippen LogP contribution is 2.31. The van der Waals surface area contributed by atoms with Crippen molar-refractivity contribution in [3.63, 3.8) is 0 Å². The van der Waals surface area contributed by atoms with Crippen molar-refractivity contribution in [2.45, 2.75) is 31.7 Å². The lowest BCUT2D eigenvalue weighted by molar-refractivity contribution is -0.898. The number of carboxylic acids is 2. The number of carbonyl (C=O) groups is 2. The number of allylic oxidation sites excluding steroid dienone is 2. The van der Waals surface area contributed by atoms with Gasteiger partial charge in [0.05, 0.1) is 24.8 Å². The summed E-state index contributed by atoms with van der Waals surface area (Å²) in [5, 5.41) is 26.0. The van der Waals surface area contributed by atoms with Crippen molar-refractivity contribution in [2.75, 3.05) is 6.54 Å². The van der Waals surface area contributed by atoms with E-state index in [1.165, 1.54) is 21.6 Å². The molecule has 6 heteroatoms. The Labute approximate surface area is 194 Å². The second-order valence-electron chi connectivity index (χ2n) is 7.64. The summed E-state index contributed by atoms with van der Waals surface area (Å²) in [6.07, 6.45) is 10.5. The number of nitrogens with zero attached hydrogens (tertiary/aromatic N) is 1. The van der Waals surface area contributed by atoms with Crippen LogP contribution in [0, 0.1) is 11.3 Å². The molecule has 0 saturated heterocycles. The molecule has 0 radical (unpaired) electrons. The summed E-state index contributed by atoms with van der Waals surface area (Å²) in [5.41, 5.74) is 3.68. The number of hydrogen-bond acceptors (Lipinski definition) is 4. The third kappa shape index (κ3) is 7.30. The van der Waals surface area contributed by atoms with Crippen molar-refractivity contribution in [2.24, 2.45) is 0 Å². The minimum absolute atomic E-state index is 0.214. The summed E-state index contributed by atoms with van der Waals surface area (Å²) in [4.78, 5) is 20.4. The molecule has 6 nitrogen and oxygen atoms in total. The van der Waals surface area contributed by atoms with Crippen LogP contribution >= 0.6 is 0 Å². The van der Waals surface area contributed by atoms with Crippen molar-refractivity contribution in [1.29, 1.82) is 5.26 Å². The molecule has 0 bridgehead atoms. The lowest BCUT2D eigenvalue weighted by Crippen LogP contribution is -3.15. The minimum Gasteiger partial charge on any atom is -0.545 e. The van der Waals surface area contributed by atoms with Crippen molar-refractivity contribution >= 4 is 11.9 Å². The number of quaternary nitrogens is 1. The fourth-order valence-electron chi connectivity index (χ4n) is 3.89. The average molecular weight is 445 g/mol. The standard InChI is InChI=1S/C23H24N2.C4H4O4/c1-20-15-18-25(17-10-4-9-16-24)23(19-20,21-11-5-2-6-12-21)22-13-7-3-8-14-22;5-3(6)1-2-4(7)8/h2-3,5-8,11-15,18-19H,4,9-10,17H2,1H3;1-2H,(H,5,6)(H,7,8)/b;2-1-. The SMILES string of the molecule is CC1=CC(c2ccccc2)(c2ccccc2)[NH+](CCCCC#N)C=C1.O=C([O-])/C=C\C(=O)O. The smallest absolute Gasteiger partial charge is 0.328 e. The van der Waals surface area contributed by atoms with Gasteiger partial charge in [-0.2, -0.15) is 5.26 Å². The van der Waals surface area contributed by atoms with E-state index in [-0.39, 0.29) is 5.54 Å². The summed E-state index contributed by atoms with van der Waals surface area (Å²) >= 11 is 0. The zero-order chi connectivity index (χ0) is 24.1. The molecule has 3 rings (SSSR count). The first-order chi connectivity index (χ1) is 15.9. The van der Waals surface area contributed by atoms with Crippen LogP contribution in [0.1, 0.15) is 37.3 Å². The number of hydrogen-bond donors (Lipinski definition) is 2. The quantitative estimate of drug-likeness (QED) is 0.480. The molecule has 2 aromatic rings. The highest BCUT2D eigenvalue weighted by molar-refractivity contribution is 5.88. The molecule has 2 aromatic carbocycles. The largest absolute Gasteiger partial charge is 0.545 e. The summed E-state index contributed by atoms with van der Waals surface area (Å²) in [5.74, 6) is -2.80. The zero-order valence-electron chi connectivity index (χ0n) is 18.6. The molecule has 1 aliphatic rings. The molecule has 0 saturated carbocycles. The Morgan fingerprint density at radius 3 is 2.06 bits per heavy atom. The molecular formula is C27H28N2O4. The second-order valence-corrected chi connectivity index (χ2v) is 7.64. The summed E-state index contributed by atoms with van der Waals surface area (Å²) in [6, 6.07) is 23.8. The molecule has 0 aliphatic carbocycles. The molecular weight excluding hydrogens is 416 g/mol. The fourth-order valence-corrected chi connectivity index (χ4v) is 3.89. The number of rotatable bonds is 8. The van der Waals surface area contributed by atoms with Gasteiger partial charge in [-0.05, 0) is 43.6 Å². The third-order valence-electron chi connectivity index (χ3n) is 5.30. The Morgan fingerprint density at radius 2 is 1.61 bits per heavy atom. The molecule has 1 heterocycles. The van der Waals surface area contributed by atoms with Crippen LogP contribution in [0.25, 0.3) is 0 Å². The number of benzene rings is 2. The van der Waals surface area contributed by atoms with Gasteiger partial charge in [-0.15, -0.1) is 0 Å². The molecule has 1 aliphatic heterocycles. The van der Waals surface area contributed by atoms with Crippen molar-refractivity contribution in [3.05, 3.63) is 108 Å². The van der Waals surface area contributed by atoms with Gasteiger partial charge in [-0.1, -0.05) is 60.7 Å². The van der Waals surface area contributed by atoms with Gasteiger partial charge in [0.1, 0.15) is 0 Å². The summed E-state index contributed by atoms with van der Waals surface area (Å²) < 4.78 is 0. The minimum atomic E-state index is -1.51. The number of carbonyl (C=O) groups excluding carboxylic acids is 1. The van der Waals surface area contributed by atoms with Gasteiger partial charge in [0.2, 0.25) is 0 Å². The van der Waals surface area contributed by atoms with E-state index in [9.17, 15) is 14.7 Å². The molecule has 1 unspecified atom stereocenters. The van der Waals surface area contributed by atoms with E-state index in [0.29, 0.717) is 18.6 Å². The Bertz CT molecular complexity index is 995. The molecule has 1 atom stereocenters. The molecule has 2 N–H and O–H groups in total. The molecule has 0 fully saturated rings. The average Bonchev–Trinajstić information content (AvgIpc) is 2.82. The van der Waals surface area contributed by atoms with Gasteiger partial charge in [0.25, 0.3) is 0 Å². The van der Waals surface area contributed by atoms with Gasteiger partial charge in [0.15, 0.2) is 5.54 Å². The van der Waals surface area contributed by atoms with Gasteiger partial charge in [-0.25, -0.2) is 4.79 Å². The Balaban J connectivity index is 0.000000414. The van der Waals surface area contributed by atoms with Crippen LogP contribution < -0.4 is 10.0 Å². The van der Waals surface area contributed by atoms with Crippen LogP contribution in [0.15, 0.2) is 96.7 Å². The summed E-state index contributed by atoms with van der Waals surface area (Å²) in [7, 11) is 0. The van der Waals surface area contributed by atoms with E-state index >= 15 is 0 Å². The van der Waals surface area contributed by atoms with Gasteiger partial charge >= 0.3 is 5.97 Å². The maximum Gasteiger partial charge on any atom is 0.328 e. The van der Waals surface area contributed by atoms with Crippen molar-refractivity contribution < 1.29 is 24.7 Å². The lowest BCUT2D eigenvalue weighted by atomic mass is 9.78. The molecule has 0 amide bonds. The van der Waals surface area contributed by atoms with E-state index in [1.807, 2.05) is 0 Å². The summed E-state index contributed by atoms with van der Waals surface area (Å²) in [6.45, 7) is 3.18. The maximum atomic E-state index is 9.53. The molecule has 33 heavy (non-hydrogen) atoms. The number of nitrogens with one attached hydrogen (secondary N) is 1. The Morgan fingerprint density at radius 1 is 1.03 bits per heavy atom. The van der Waals surface area contributed by atoms with Crippen LogP contribution in [0.3, 0.4) is 0 Å². The van der Waals surface area contributed by atoms with Gasteiger partial charge in [-0.3, -0.25) is 4.90 Å². The topological polar surface area (TPSA) is 106 Å². The number of nitriles is 1. The van der Waals surface area contributed by atoms with Gasteiger partial charge in [0, 0.05) is 23.6 Å². The zero-order valence-corrected chi connectivity index (χ0v) is 18.6. The van der Waals surface area contributed by atoms with Crippen LogP contribution in [0.2, 0.25) is 0 Å². The van der Waals surface area contributed by atoms with E-state index in [1.54, 1.807) is 0 Å². The first-order valence-corrected chi connectivity index (χ1v) is 10.7. The second kappa shape index (κ2) is 12.8. The molecule has 0 aromatic heterocycles. The van der Waals surface area contributed by atoms with Crippen LogP contribution in [0.5, 0.6) is 0 Å². The molecule has 170 valence electrons. The van der Waals surface area contributed by atoms with Crippen molar-refractivity contribution in [3.8, 4) is 6.07 Å². The Kier molecular flexibility index (Phi) is 9.81. The fraction of sp³-hybridized carbons (Fsp3) is 0.222. The number of aliphatic carboxylic acids is 2. The highest BCUT2D eigenvalue weighted by Gasteiger charge is 2.42. The van der Waals surface area contributed by atoms with Gasteiger partial charge < -0.3 is 15.0 Å². The van der Waals surface area contributed by atoms with E-state index in [4.69, 9.17) is 10.4 Å². The predicted molar refractivity (Wildman–Crippen MR) is 124 cm³/mol. The normalized spacial score (nSPS) is 16.2. The molecule has 0 spiro atoms. The Hall–Kier alpha value is -3.95. The first kappa shape index (κ1) is 25.3. The lowest BCUT2D eigenvalue weighted by Gasteiger charge is -2.40. The van der Waals surface area contributed by atoms with Crippen LogP contribution in [0.4, 0.5) is 0 Å². The van der Waals surface area contributed by atoms with E-state index in [2.05, 4.69) is 92.0 Å². The van der Waals surface area contributed by atoms with E-state index < -0.39 is 11.9 Å².